The highest BCUT2D eigenvalue weighted by Gasteiger charge is 2.29. The van der Waals surface area contributed by atoms with Crippen molar-refractivity contribution in [2.24, 2.45) is 0 Å². The van der Waals surface area contributed by atoms with E-state index in [1.165, 1.54) is 11.8 Å². The molecule has 1 unspecified atom stereocenters. The highest BCUT2D eigenvalue weighted by atomic mass is 32.2. The molecule has 0 saturated carbocycles. The molecule has 0 radical (unpaired) electrons. The molecule has 2 aromatic rings. The second-order valence-corrected chi connectivity index (χ2v) is 9.51. The molecular weight excluding hydrogens is 364 g/mol. The lowest BCUT2D eigenvalue weighted by atomic mass is 10.0. The summed E-state index contributed by atoms with van der Waals surface area (Å²) in [4.78, 5) is 14.3. The molecule has 7 nitrogen and oxygen atoms in total. The highest BCUT2D eigenvalue weighted by molar-refractivity contribution is 7.90. The van der Waals surface area contributed by atoms with Crippen molar-refractivity contribution in [2.45, 2.75) is 39.2 Å². The van der Waals surface area contributed by atoms with Gasteiger partial charge >= 0.3 is 6.03 Å². The molecular formula is C19H26N4O3S. The van der Waals surface area contributed by atoms with Crippen molar-refractivity contribution in [3.05, 3.63) is 41.7 Å². The fraction of sp³-hybridized carbons (Fsp3) is 0.474. The largest absolute Gasteiger partial charge is 0.322 e. The first-order valence-electron chi connectivity index (χ1n) is 9.10. The van der Waals surface area contributed by atoms with E-state index in [0.29, 0.717) is 18.7 Å². The Morgan fingerprint density at radius 3 is 2.78 bits per heavy atom. The first kappa shape index (κ1) is 19.4. The van der Waals surface area contributed by atoms with Gasteiger partial charge in [0.05, 0.1) is 29.5 Å². The molecule has 8 heteroatoms. The minimum Gasteiger partial charge on any atom is -0.321 e. The molecule has 1 aromatic carbocycles. The van der Waals surface area contributed by atoms with E-state index in [2.05, 4.69) is 16.5 Å². The predicted molar refractivity (Wildman–Crippen MR) is 106 cm³/mol. The quantitative estimate of drug-likeness (QED) is 0.870. The lowest BCUT2D eigenvalue weighted by Gasteiger charge is -2.35. The van der Waals surface area contributed by atoms with E-state index in [-0.39, 0.29) is 17.8 Å². The summed E-state index contributed by atoms with van der Waals surface area (Å²) in [5, 5.41) is 7.20. The van der Waals surface area contributed by atoms with Gasteiger partial charge in [0.2, 0.25) is 0 Å². The number of urea groups is 1. The van der Waals surface area contributed by atoms with Gasteiger partial charge in [-0.3, -0.25) is 0 Å². The number of carbonyl (C=O) groups is 1. The molecule has 146 valence electrons. The van der Waals surface area contributed by atoms with Crippen LogP contribution in [0.5, 0.6) is 0 Å². The third-order valence-corrected chi connectivity index (χ3v) is 5.81. The molecule has 1 saturated heterocycles. The van der Waals surface area contributed by atoms with Crippen LogP contribution in [0.25, 0.3) is 5.69 Å². The number of aryl methyl sites for hydroxylation is 2. The van der Waals surface area contributed by atoms with Crippen LogP contribution in [0.1, 0.15) is 30.4 Å². The highest BCUT2D eigenvalue weighted by Crippen LogP contribution is 2.21. The number of benzene rings is 1. The van der Waals surface area contributed by atoms with Crippen molar-refractivity contribution in [1.82, 2.24) is 14.7 Å². The lowest BCUT2D eigenvalue weighted by Crippen LogP contribution is -2.48. The molecule has 1 atom stereocenters. The van der Waals surface area contributed by atoms with Crippen molar-refractivity contribution in [3.63, 3.8) is 0 Å². The van der Waals surface area contributed by atoms with Crippen LogP contribution in [-0.2, 0) is 9.84 Å². The van der Waals surface area contributed by atoms with E-state index >= 15 is 0 Å². The van der Waals surface area contributed by atoms with E-state index in [1.807, 2.05) is 26.0 Å². The van der Waals surface area contributed by atoms with Crippen molar-refractivity contribution >= 4 is 21.6 Å². The van der Waals surface area contributed by atoms with Gasteiger partial charge in [0.1, 0.15) is 9.84 Å². The minimum atomic E-state index is -3.14. The molecule has 1 aliphatic rings. The Hall–Kier alpha value is -2.35. The van der Waals surface area contributed by atoms with E-state index < -0.39 is 9.84 Å². The second kappa shape index (κ2) is 7.72. The molecule has 2 heterocycles. The lowest BCUT2D eigenvalue weighted by molar-refractivity contribution is 0.171. The number of nitrogens with one attached hydrogen (secondary N) is 1. The zero-order valence-corrected chi connectivity index (χ0v) is 16.8. The third-order valence-electron chi connectivity index (χ3n) is 4.82. The molecule has 1 aromatic heterocycles. The molecule has 1 fully saturated rings. The van der Waals surface area contributed by atoms with Crippen molar-refractivity contribution in [1.29, 1.82) is 0 Å². The van der Waals surface area contributed by atoms with Gasteiger partial charge in [-0.15, -0.1) is 0 Å². The normalized spacial score (nSPS) is 17.7. The molecule has 0 bridgehead atoms. The van der Waals surface area contributed by atoms with Crippen molar-refractivity contribution in [3.8, 4) is 5.69 Å². The maximum Gasteiger partial charge on any atom is 0.322 e. The summed E-state index contributed by atoms with van der Waals surface area (Å²) in [5.41, 5.74) is 3.82. The maximum atomic E-state index is 12.7. The molecule has 0 aliphatic carbocycles. The van der Waals surface area contributed by atoms with Crippen LogP contribution in [0.2, 0.25) is 0 Å². The number of piperidine rings is 1. The smallest absolute Gasteiger partial charge is 0.321 e. The number of sulfone groups is 1. The summed E-state index contributed by atoms with van der Waals surface area (Å²) in [6.45, 7) is 4.63. The Morgan fingerprint density at radius 1 is 1.30 bits per heavy atom. The molecule has 1 N–H and O–H groups in total. The predicted octanol–water partition coefficient (Wildman–Crippen LogP) is 2.92. The molecule has 1 aliphatic heterocycles. The van der Waals surface area contributed by atoms with Gasteiger partial charge in [-0.1, -0.05) is 17.7 Å². The molecule has 2 amide bonds. The Kier molecular flexibility index (Phi) is 5.55. The summed E-state index contributed by atoms with van der Waals surface area (Å²) in [7, 11) is -3.14. The molecule has 27 heavy (non-hydrogen) atoms. The third kappa shape index (κ3) is 4.88. The SMILES string of the molecule is Cc1ccc(-n2cc(NC(=O)N3CCCCC3CS(C)(=O)=O)cn2)c(C)c1. The standard InChI is InChI=1S/C19H26N4O3S/c1-14-7-8-18(15(2)10-14)23-12-16(11-20-23)21-19(24)22-9-5-4-6-17(22)13-27(3,25)26/h7-8,10-12,17H,4-6,9,13H2,1-3H3,(H,21,24). The maximum absolute atomic E-state index is 12.7. The van der Waals surface area contributed by atoms with Crippen LogP contribution in [0.4, 0.5) is 10.5 Å². The van der Waals surface area contributed by atoms with Crippen LogP contribution in [0.3, 0.4) is 0 Å². The number of aromatic nitrogens is 2. The second-order valence-electron chi connectivity index (χ2n) is 7.33. The topological polar surface area (TPSA) is 84.3 Å². The number of carbonyl (C=O) groups excluding carboxylic acids is 1. The number of anilines is 1. The average Bonchev–Trinajstić information content (AvgIpc) is 3.02. The van der Waals surface area contributed by atoms with Crippen LogP contribution in [0, 0.1) is 13.8 Å². The van der Waals surface area contributed by atoms with E-state index in [9.17, 15) is 13.2 Å². The fourth-order valence-electron chi connectivity index (χ4n) is 3.57. The first-order chi connectivity index (χ1) is 12.7. The molecule has 3 rings (SSSR count). The summed E-state index contributed by atoms with van der Waals surface area (Å²) in [6.07, 6.45) is 7.12. The van der Waals surface area contributed by atoms with Gasteiger partial charge in [0.15, 0.2) is 0 Å². The van der Waals surface area contributed by atoms with Gasteiger partial charge in [0.25, 0.3) is 0 Å². The van der Waals surface area contributed by atoms with Crippen LogP contribution >= 0.6 is 0 Å². The van der Waals surface area contributed by atoms with Crippen LogP contribution in [-0.4, -0.2) is 53.7 Å². The number of nitrogens with zero attached hydrogens (tertiary/aromatic N) is 3. The van der Waals surface area contributed by atoms with Gasteiger partial charge < -0.3 is 10.2 Å². The summed E-state index contributed by atoms with van der Waals surface area (Å²) < 4.78 is 25.1. The number of likely N-dealkylation sites (tertiary alicyclic amines) is 1. The Balaban J connectivity index is 1.73. The van der Waals surface area contributed by atoms with Crippen molar-refractivity contribution in [2.75, 3.05) is 23.9 Å². The molecule has 0 spiro atoms. The van der Waals surface area contributed by atoms with Gasteiger partial charge in [-0.2, -0.15) is 5.10 Å². The van der Waals surface area contributed by atoms with Crippen LogP contribution in [0.15, 0.2) is 30.6 Å². The number of amides is 2. The van der Waals surface area contributed by atoms with Gasteiger partial charge in [-0.25, -0.2) is 17.9 Å². The van der Waals surface area contributed by atoms with Gasteiger partial charge in [-0.05, 0) is 44.7 Å². The summed E-state index contributed by atoms with van der Waals surface area (Å²) in [6, 6.07) is 5.55. The van der Waals surface area contributed by atoms with Crippen LogP contribution < -0.4 is 5.32 Å². The zero-order chi connectivity index (χ0) is 19.6. The fourth-order valence-corrected chi connectivity index (χ4v) is 4.61. The number of hydrogen-bond acceptors (Lipinski definition) is 4. The zero-order valence-electron chi connectivity index (χ0n) is 16.0. The van der Waals surface area contributed by atoms with Crippen molar-refractivity contribution < 1.29 is 13.2 Å². The number of rotatable bonds is 4. The monoisotopic (exact) mass is 390 g/mol. The first-order valence-corrected chi connectivity index (χ1v) is 11.2. The minimum absolute atomic E-state index is 0.00223. The van der Waals surface area contributed by atoms with E-state index in [0.717, 1.165) is 24.1 Å². The Labute approximate surface area is 160 Å². The summed E-state index contributed by atoms with van der Waals surface area (Å²) in [5.74, 6) is 0.00223. The Morgan fingerprint density at radius 2 is 2.07 bits per heavy atom. The summed E-state index contributed by atoms with van der Waals surface area (Å²) >= 11 is 0. The van der Waals surface area contributed by atoms with E-state index in [4.69, 9.17) is 0 Å². The van der Waals surface area contributed by atoms with E-state index in [1.54, 1.807) is 22.0 Å². The average molecular weight is 391 g/mol. The van der Waals surface area contributed by atoms with Gasteiger partial charge in [0, 0.05) is 18.8 Å². The Bertz CT molecular complexity index is 936. The number of hydrogen-bond donors (Lipinski definition) is 1.